The number of amides is 1. The number of alkyl halides is 6. The highest BCUT2D eigenvalue weighted by molar-refractivity contribution is 5.80. The van der Waals surface area contributed by atoms with Crippen LogP contribution in [0.3, 0.4) is 0 Å². The van der Waals surface area contributed by atoms with Crippen molar-refractivity contribution in [3.05, 3.63) is 59.7 Å². The Hall–Kier alpha value is -4.17. The summed E-state index contributed by atoms with van der Waals surface area (Å²) in [7, 11) is 1.76. The third-order valence-electron chi connectivity index (χ3n) is 10.4. The second-order valence-corrected chi connectivity index (χ2v) is 13.9. The van der Waals surface area contributed by atoms with E-state index in [2.05, 4.69) is 15.1 Å². The summed E-state index contributed by atoms with van der Waals surface area (Å²) in [4.78, 5) is 39.0. The van der Waals surface area contributed by atoms with E-state index in [1.54, 1.807) is 48.3 Å². The number of ether oxygens (including phenoxy) is 1. The highest BCUT2D eigenvalue weighted by Crippen LogP contribution is 2.40. The lowest BCUT2D eigenvalue weighted by atomic mass is 9.78. The SMILES string of the molecule is CCOC(=O)CC1CCC(C(=O)N2C(CC)CC(N(Cc3cc(C(F)(F)F)cc(C(F)(F)F)c3)c3ncc(-c4cnn(C)c4)cn3)CC2CC)CC1. The Morgan fingerprint density at radius 3 is 1.90 bits per heavy atom. The molecule has 2 atom stereocenters. The van der Waals surface area contributed by atoms with Crippen LogP contribution in [0.1, 0.15) is 95.2 Å². The first kappa shape index (κ1) is 39.0. The van der Waals surface area contributed by atoms with E-state index in [4.69, 9.17) is 4.74 Å². The lowest BCUT2D eigenvalue weighted by Crippen LogP contribution is -2.58. The summed E-state index contributed by atoms with van der Waals surface area (Å²) in [6, 6.07) is 0.778. The zero-order chi connectivity index (χ0) is 37.8. The highest BCUT2D eigenvalue weighted by Gasteiger charge is 2.43. The first-order chi connectivity index (χ1) is 24.6. The van der Waals surface area contributed by atoms with E-state index in [0.29, 0.717) is 57.1 Å². The van der Waals surface area contributed by atoms with Gasteiger partial charge in [-0.1, -0.05) is 13.8 Å². The van der Waals surface area contributed by atoms with Gasteiger partial charge in [0.2, 0.25) is 11.9 Å². The van der Waals surface area contributed by atoms with Crippen LogP contribution in [0.25, 0.3) is 11.1 Å². The molecule has 1 aliphatic heterocycles. The van der Waals surface area contributed by atoms with Crippen molar-refractivity contribution < 1.29 is 40.7 Å². The number of hydrogen-bond acceptors (Lipinski definition) is 7. The molecule has 3 aromatic rings. The zero-order valence-electron chi connectivity index (χ0n) is 29.9. The number of carbonyl (C=O) groups excluding carboxylic acids is 2. The van der Waals surface area contributed by atoms with Gasteiger partial charge in [0.25, 0.3) is 0 Å². The summed E-state index contributed by atoms with van der Waals surface area (Å²) in [5.41, 5.74) is -1.57. The van der Waals surface area contributed by atoms with Gasteiger partial charge in [0.15, 0.2) is 0 Å². The maximum Gasteiger partial charge on any atom is 0.416 e. The molecular weight excluding hydrogens is 690 g/mol. The summed E-state index contributed by atoms with van der Waals surface area (Å²) in [6.45, 7) is 5.74. The maximum absolute atomic E-state index is 14.2. The summed E-state index contributed by atoms with van der Waals surface area (Å²) in [5.74, 6) is -0.0273. The molecule has 2 aliphatic rings. The number of esters is 1. The number of anilines is 1. The maximum atomic E-state index is 14.2. The number of nitrogens with zero attached hydrogens (tertiary/aromatic N) is 6. The fourth-order valence-corrected chi connectivity index (χ4v) is 7.73. The average Bonchev–Trinajstić information content (AvgIpc) is 3.55. The second-order valence-electron chi connectivity index (χ2n) is 13.9. The van der Waals surface area contributed by atoms with Gasteiger partial charge in [-0.2, -0.15) is 31.4 Å². The van der Waals surface area contributed by atoms with Crippen molar-refractivity contribution in [1.29, 1.82) is 0 Å². The predicted molar refractivity (Wildman–Crippen MR) is 182 cm³/mol. The molecule has 1 aliphatic carbocycles. The van der Waals surface area contributed by atoms with Gasteiger partial charge in [-0.05, 0) is 88.0 Å². The molecule has 1 amide bonds. The zero-order valence-corrected chi connectivity index (χ0v) is 29.9. The molecule has 2 unspecified atom stereocenters. The molecule has 15 heteroatoms. The van der Waals surface area contributed by atoms with Gasteiger partial charge < -0.3 is 14.5 Å². The number of rotatable bonds is 11. The van der Waals surface area contributed by atoms with E-state index in [-0.39, 0.29) is 59.9 Å². The van der Waals surface area contributed by atoms with Crippen LogP contribution >= 0.6 is 0 Å². The smallest absolute Gasteiger partial charge is 0.416 e. The monoisotopic (exact) mass is 736 g/mol. The number of aromatic nitrogens is 4. The van der Waals surface area contributed by atoms with Gasteiger partial charge in [0, 0.05) is 73.8 Å². The van der Waals surface area contributed by atoms with E-state index < -0.39 is 29.5 Å². The highest BCUT2D eigenvalue weighted by atomic mass is 19.4. The molecule has 0 radical (unpaired) electrons. The van der Waals surface area contributed by atoms with E-state index in [1.807, 2.05) is 18.7 Å². The number of piperidine rings is 1. The van der Waals surface area contributed by atoms with E-state index in [9.17, 15) is 35.9 Å². The van der Waals surface area contributed by atoms with Gasteiger partial charge in [-0.25, -0.2) is 9.97 Å². The third kappa shape index (κ3) is 9.24. The van der Waals surface area contributed by atoms with E-state index in [0.717, 1.165) is 30.5 Å². The number of carbonyl (C=O) groups is 2. The molecule has 2 aromatic heterocycles. The van der Waals surface area contributed by atoms with Gasteiger partial charge in [0.1, 0.15) is 0 Å². The molecule has 0 spiro atoms. The molecule has 1 aromatic carbocycles. The summed E-state index contributed by atoms with van der Waals surface area (Å²) in [5, 5.41) is 4.16. The molecule has 1 saturated heterocycles. The number of likely N-dealkylation sites (tertiary alicyclic amines) is 1. The minimum Gasteiger partial charge on any atom is -0.466 e. The van der Waals surface area contributed by atoms with Crippen molar-refractivity contribution in [2.75, 3.05) is 11.5 Å². The van der Waals surface area contributed by atoms with Crippen LogP contribution in [0.2, 0.25) is 0 Å². The molecule has 52 heavy (non-hydrogen) atoms. The number of benzene rings is 1. The van der Waals surface area contributed by atoms with Crippen LogP contribution in [0, 0.1) is 11.8 Å². The standard InChI is InChI=1S/C37H46F6N6O3/c1-5-30-16-32(17-31(6-2)49(30)34(51)25-10-8-23(9-11-25)14-33(50)52-7-3)48(35-44-18-26(19-45-35)27-20-46-47(4)22-27)21-24-12-28(36(38,39)40)15-29(13-24)37(41,42)43/h12-13,15,18-20,22-23,25,30-32H,5-11,14,16-17,21H2,1-4H3. The predicted octanol–water partition coefficient (Wildman–Crippen LogP) is 8.23. The Kier molecular flexibility index (Phi) is 12.2. The Morgan fingerprint density at radius 1 is 0.846 bits per heavy atom. The van der Waals surface area contributed by atoms with Crippen LogP contribution in [0.15, 0.2) is 43.0 Å². The first-order valence-electron chi connectivity index (χ1n) is 17.9. The Labute approximate surface area is 299 Å². The van der Waals surface area contributed by atoms with Crippen molar-refractivity contribution in [2.24, 2.45) is 18.9 Å². The molecule has 1 saturated carbocycles. The lowest BCUT2D eigenvalue weighted by Gasteiger charge is -2.49. The van der Waals surface area contributed by atoms with Crippen molar-refractivity contribution in [3.8, 4) is 11.1 Å². The number of halogens is 6. The van der Waals surface area contributed by atoms with Crippen LogP contribution in [0.4, 0.5) is 32.3 Å². The Bertz CT molecular complexity index is 1620. The quantitative estimate of drug-likeness (QED) is 0.145. The molecule has 2 fully saturated rings. The average molecular weight is 737 g/mol. The van der Waals surface area contributed by atoms with Crippen LogP contribution in [-0.4, -0.2) is 61.3 Å². The molecule has 0 N–H and O–H groups in total. The molecule has 284 valence electrons. The van der Waals surface area contributed by atoms with E-state index in [1.165, 1.54) is 0 Å². The first-order valence-corrected chi connectivity index (χ1v) is 17.9. The molecule has 3 heterocycles. The van der Waals surface area contributed by atoms with Crippen molar-refractivity contribution >= 4 is 17.8 Å². The minimum atomic E-state index is -4.99. The van der Waals surface area contributed by atoms with Crippen molar-refractivity contribution in [2.45, 2.75) is 116 Å². The topological polar surface area (TPSA) is 93.5 Å². The van der Waals surface area contributed by atoms with Gasteiger partial charge in [-0.3, -0.25) is 14.3 Å². The van der Waals surface area contributed by atoms with Crippen molar-refractivity contribution in [1.82, 2.24) is 24.6 Å². The minimum absolute atomic E-state index is 0.0584. The third-order valence-corrected chi connectivity index (χ3v) is 10.4. The van der Waals surface area contributed by atoms with Crippen LogP contribution in [-0.2, 0) is 40.3 Å². The Morgan fingerprint density at radius 2 is 1.42 bits per heavy atom. The van der Waals surface area contributed by atoms with Crippen LogP contribution in [0.5, 0.6) is 0 Å². The van der Waals surface area contributed by atoms with Gasteiger partial charge in [0.05, 0.1) is 23.9 Å². The molecule has 9 nitrogen and oxygen atoms in total. The molecule has 5 rings (SSSR count). The summed E-state index contributed by atoms with van der Waals surface area (Å²) >= 11 is 0. The summed E-state index contributed by atoms with van der Waals surface area (Å²) < 4.78 is 89.9. The normalized spacial score (nSPS) is 22.7. The largest absolute Gasteiger partial charge is 0.466 e. The second kappa shape index (κ2) is 16.2. The van der Waals surface area contributed by atoms with Crippen molar-refractivity contribution in [3.63, 3.8) is 0 Å². The lowest BCUT2D eigenvalue weighted by molar-refractivity contribution is -0.146. The molecular formula is C37H46F6N6O3. The van der Waals surface area contributed by atoms with Crippen LogP contribution < -0.4 is 4.90 Å². The number of aryl methyl sites for hydroxylation is 1. The fraction of sp³-hybridized carbons (Fsp3) is 0.595. The van der Waals surface area contributed by atoms with E-state index >= 15 is 0 Å². The molecule has 0 bridgehead atoms. The Balaban J connectivity index is 1.44. The summed E-state index contributed by atoms with van der Waals surface area (Å²) in [6.07, 6.45) is 1.76. The van der Waals surface area contributed by atoms with Gasteiger partial charge in [-0.15, -0.1) is 0 Å². The fourth-order valence-electron chi connectivity index (χ4n) is 7.73. The number of hydrogen-bond donors (Lipinski definition) is 0. The van der Waals surface area contributed by atoms with Gasteiger partial charge >= 0.3 is 18.3 Å².